The first-order chi connectivity index (χ1) is 20.0. The molecular formula is C29H37ClN8O4. The third-order valence-corrected chi connectivity index (χ3v) is 7.52. The molecule has 0 unspecified atom stereocenters. The molecular weight excluding hydrogens is 560 g/mol. The molecule has 3 aromatic rings. The number of hydrogen-bond donors (Lipinski definition) is 4. The Kier molecular flexibility index (Phi) is 9.60. The van der Waals surface area contributed by atoms with Crippen LogP contribution in [0.3, 0.4) is 0 Å². The second-order valence-electron chi connectivity index (χ2n) is 11.2. The zero-order valence-corrected chi connectivity index (χ0v) is 25.4. The monoisotopic (exact) mass is 596 g/mol. The van der Waals surface area contributed by atoms with Crippen LogP contribution in [0.25, 0.3) is 10.9 Å². The number of fused-ring (bicyclic) bond motifs is 1. The van der Waals surface area contributed by atoms with Gasteiger partial charge in [-0.3, -0.25) is 14.4 Å². The maximum atomic E-state index is 14.5. The maximum absolute atomic E-state index is 14.5. The molecule has 42 heavy (non-hydrogen) atoms. The van der Waals surface area contributed by atoms with Crippen molar-refractivity contribution in [3.8, 4) is 5.75 Å². The lowest BCUT2D eigenvalue weighted by molar-refractivity contribution is -0.134. The molecule has 0 spiro atoms. The summed E-state index contributed by atoms with van der Waals surface area (Å²) in [6.07, 6.45) is 4.32. The number of amides is 3. The van der Waals surface area contributed by atoms with Crippen LogP contribution in [0.2, 0.25) is 5.15 Å². The number of carbonyl (C=O) groups is 3. The maximum Gasteiger partial charge on any atom is 0.257 e. The summed E-state index contributed by atoms with van der Waals surface area (Å²) in [5.74, 6) is -0.745. The van der Waals surface area contributed by atoms with Crippen molar-refractivity contribution in [1.29, 1.82) is 0 Å². The minimum absolute atomic E-state index is 0.203. The second-order valence-corrected chi connectivity index (χ2v) is 11.6. The lowest BCUT2D eigenvalue weighted by Gasteiger charge is -2.36. The van der Waals surface area contributed by atoms with Gasteiger partial charge < -0.3 is 26.0 Å². The van der Waals surface area contributed by atoms with E-state index in [0.717, 1.165) is 11.3 Å². The zero-order valence-electron chi connectivity index (χ0n) is 24.6. The molecule has 1 aromatic carbocycles. The van der Waals surface area contributed by atoms with Gasteiger partial charge in [-0.2, -0.15) is 0 Å². The SMILES string of the molecule is CN[C@@H](C)C(=O)N[C@H](C(=O)N(C(=O)[C@@H]1CCCN1)c1cc2c(Nc3cccnc3Cl)ncnc2cc1OC)C(C)(C)C. The van der Waals surface area contributed by atoms with Crippen LogP contribution in [0.4, 0.5) is 17.2 Å². The highest BCUT2D eigenvalue weighted by Gasteiger charge is 2.42. The molecule has 0 saturated carbocycles. The Balaban J connectivity index is 1.88. The Bertz CT molecular complexity index is 1470. The van der Waals surface area contributed by atoms with E-state index in [1.54, 1.807) is 44.4 Å². The fraction of sp³-hybridized carbons (Fsp3) is 0.448. The van der Waals surface area contributed by atoms with Gasteiger partial charge in [0, 0.05) is 17.6 Å². The lowest BCUT2D eigenvalue weighted by Crippen LogP contribution is -2.60. The van der Waals surface area contributed by atoms with Crippen molar-refractivity contribution in [3.63, 3.8) is 0 Å². The van der Waals surface area contributed by atoms with Gasteiger partial charge in [0.1, 0.15) is 23.9 Å². The largest absolute Gasteiger partial charge is 0.494 e. The molecule has 2 aromatic heterocycles. The van der Waals surface area contributed by atoms with E-state index in [9.17, 15) is 14.4 Å². The summed E-state index contributed by atoms with van der Waals surface area (Å²) in [6.45, 7) is 7.85. The average molecular weight is 597 g/mol. The third-order valence-electron chi connectivity index (χ3n) is 7.21. The summed E-state index contributed by atoms with van der Waals surface area (Å²) in [7, 11) is 3.12. The normalized spacial score (nSPS) is 16.5. The lowest BCUT2D eigenvalue weighted by atomic mass is 9.85. The van der Waals surface area contributed by atoms with Crippen molar-refractivity contribution in [2.75, 3.05) is 30.9 Å². The summed E-state index contributed by atoms with van der Waals surface area (Å²) in [5, 5.41) is 12.9. The predicted octanol–water partition coefficient (Wildman–Crippen LogP) is 3.18. The van der Waals surface area contributed by atoms with Crippen molar-refractivity contribution in [3.05, 3.63) is 41.9 Å². The average Bonchev–Trinajstić information content (AvgIpc) is 3.51. The summed E-state index contributed by atoms with van der Waals surface area (Å²) in [4.78, 5) is 55.5. The van der Waals surface area contributed by atoms with Crippen molar-refractivity contribution >= 4 is 57.4 Å². The van der Waals surface area contributed by atoms with Crippen LogP contribution in [-0.2, 0) is 14.4 Å². The van der Waals surface area contributed by atoms with Crippen molar-refractivity contribution in [1.82, 2.24) is 30.9 Å². The number of likely N-dealkylation sites (N-methyl/N-ethyl adjacent to an activating group) is 1. The van der Waals surface area contributed by atoms with Crippen LogP contribution in [0.15, 0.2) is 36.8 Å². The molecule has 4 rings (SSSR count). The van der Waals surface area contributed by atoms with E-state index in [1.165, 1.54) is 13.4 Å². The highest BCUT2D eigenvalue weighted by molar-refractivity contribution is 6.32. The fourth-order valence-electron chi connectivity index (χ4n) is 4.69. The van der Waals surface area contributed by atoms with Crippen LogP contribution in [0, 0.1) is 5.41 Å². The number of anilines is 3. The van der Waals surface area contributed by atoms with Crippen LogP contribution >= 0.6 is 11.6 Å². The Labute approximate surface area is 250 Å². The summed E-state index contributed by atoms with van der Waals surface area (Å²) in [5.41, 5.74) is 0.494. The minimum Gasteiger partial charge on any atom is -0.494 e. The second kappa shape index (κ2) is 13.0. The number of nitrogens with zero attached hydrogens (tertiary/aromatic N) is 4. The van der Waals surface area contributed by atoms with Crippen molar-refractivity contribution in [2.24, 2.45) is 5.41 Å². The summed E-state index contributed by atoms with van der Waals surface area (Å²) in [6, 6.07) is 4.60. The molecule has 0 radical (unpaired) electrons. The Morgan fingerprint density at radius 2 is 1.95 bits per heavy atom. The van der Waals surface area contributed by atoms with Gasteiger partial charge in [-0.05, 0) is 57.0 Å². The molecule has 1 aliphatic rings. The summed E-state index contributed by atoms with van der Waals surface area (Å²) < 4.78 is 5.70. The van der Waals surface area contributed by atoms with Crippen LogP contribution in [-0.4, -0.2) is 71.5 Å². The van der Waals surface area contributed by atoms with Gasteiger partial charge in [-0.1, -0.05) is 32.4 Å². The molecule has 3 atom stereocenters. The number of pyridine rings is 1. The van der Waals surface area contributed by atoms with E-state index >= 15 is 0 Å². The molecule has 3 heterocycles. The standard InChI is InChI=1S/C29H37ClN8O4/c1-16(31-5)26(39)37-23(29(2,3)4)28(41)38(27(40)19-10-8-11-32-19)21-13-17-20(14-22(21)42-6)34-15-35-25(17)36-18-9-7-12-33-24(18)30/h7,9,12-16,19,23,31-32H,8,10-11H2,1-6H3,(H,37,39)(H,34,35,36)/t16-,19-,23+/m0/s1. The highest BCUT2D eigenvalue weighted by Crippen LogP contribution is 2.38. The van der Waals surface area contributed by atoms with E-state index in [1.807, 2.05) is 20.8 Å². The molecule has 1 fully saturated rings. The molecule has 0 aliphatic carbocycles. The molecule has 13 heteroatoms. The number of rotatable bonds is 9. The number of ether oxygens (including phenoxy) is 1. The first kappa shape index (κ1) is 31.1. The molecule has 3 amide bonds. The van der Waals surface area contributed by atoms with Gasteiger partial charge in [0.2, 0.25) is 5.91 Å². The highest BCUT2D eigenvalue weighted by atomic mass is 35.5. The van der Waals surface area contributed by atoms with Gasteiger partial charge in [-0.15, -0.1) is 0 Å². The first-order valence-corrected chi connectivity index (χ1v) is 14.1. The van der Waals surface area contributed by atoms with Crippen LogP contribution < -0.4 is 30.9 Å². The first-order valence-electron chi connectivity index (χ1n) is 13.7. The van der Waals surface area contributed by atoms with Gasteiger partial charge >= 0.3 is 0 Å². The summed E-state index contributed by atoms with van der Waals surface area (Å²) >= 11 is 6.28. The molecule has 1 aliphatic heterocycles. The zero-order chi connectivity index (χ0) is 30.6. The number of imide groups is 1. The molecule has 1 saturated heterocycles. The van der Waals surface area contributed by atoms with Crippen molar-refractivity contribution < 1.29 is 19.1 Å². The smallest absolute Gasteiger partial charge is 0.257 e. The Hall–Kier alpha value is -3.87. The van der Waals surface area contributed by atoms with Crippen molar-refractivity contribution in [2.45, 2.75) is 58.7 Å². The Morgan fingerprint density at radius 1 is 1.19 bits per heavy atom. The molecule has 12 nitrogen and oxygen atoms in total. The number of halogens is 1. The number of hydrogen-bond acceptors (Lipinski definition) is 10. The molecule has 224 valence electrons. The van der Waals surface area contributed by atoms with Gasteiger partial charge in [0.25, 0.3) is 11.8 Å². The quantitative estimate of drug-likeness (QED) is 0.271. The van der Waals surface area contributed by atoms with Crippen LogP contribution in [0.1, 0.15) is 40.5 Å². The third kappa shape index (κ3) is 6.61. The number of aromatic nitrogens is 3. The van der Waals surface area contributed by atoms with Crippen LogP contribution in [0.5, 0.6) is 5.75 Å². The Morgan fingerprint density at radius 3 is 2.57 bits per heavy atom. The van der Waals surface area contributed by atoms with E-state index in [2.05, 4.69) is 36.2 Å². The predicted molar refractivity (Wildman–Crippen MR) is 162 cm³/mol. The number of methoxy groups -OCH3 is 1. The number of carbonyl (C=O) groups excluding carboxylic acids is 3. The molecule has 0 bridgehead atoms. The van der Waals surface area contributed by atoms with E-state index in [-0.39, 0.29) is 22.5 Å². The fourth-order valence-corrected chi connectivity index (χ4v) is 4.86. The van der Waals surface area contributed by atoms with E-state index < -0.39 is 35.4 Å². The molecule has 4 N–H and O–H groups in total. The van der Waals surface area contributed by atoms with E-state index in [0.29, 0.717) is 35.4 Å². The van der Waals surface area contributed by atoms with Gasteiger partial charge in [-0.25, -0.2) is 19.9 Å². The topological polar surface area (TPSA) is 150 Å². The minimum atomic E-state index is -1.04. The number of benzene rings is 1. The van der Waals surface area contributed by atoms with Gasteiger partial charge in [0.05, 0.1) is 36.1 Å². The number of nitrogens with one attached hydrogen (secondary N) is 4. The van der Waals surface area contributed by atoms with E-state index in [4.69, 9.17) is 16.3 Å². The van der Waals surface area contributed by atoms with Gasteiger partial charge in [0.15, 0.2) is 5.15 Å².